The highest BCUT2D eigenvalue weighted by molar-refractivity contribution is 6.31. The van der Waals surface area contributed by atoms with Crippen molar-refractivity contribution in [2.24, 2.45) is 5.73 Å². The molecule has 0 unspecified atom stereocenters. The monoisotopic (exact) mass is 221 g/mol. The van der Waals surface area contributed by atoms with E-state index in [4.69, 9.17) is 17.3 Å². The number of nitrogens with two attached hydrogens (primary N) is 1. The predicted molar refractivity (Wildman–Crippen MR) is 49.7 cm³/mol. The van der Waals surface area contributed by atoms with Crippen LogP contribution in [0.4, 0.5) is 13.2 Å². The molecule has 0 spiro atoms. The number of hydrogen-bond acceptors (Lipinski definition) is 1. The van der Waals surface area contributed by atoms with Crippen LogP contribution >= 0.6 is 11.6 Å². The molecule has 1 nitrogen and oxygen atoms in total. The van der Waals surface area contributed by atoms with E-state index in [0.29, 0.717) is 5.56 Å². The third kappa shape index (κ3) is 2.42. The van der Waals surface area contributed by atoms with E-state index in [1.54, 1.807) is 0 Å². The molecule has 1 rings (SSSR count). The minimum absolute atomic E-state index is 0.313. The van der Waals surface area contributed by atoms with Crippen molar-refractivity contribution in [3.8, 4) is 0 Å². The Hall–Kier alpha value is -1.16. The van der Waals surface area contributed by atoms with Gasteiger partial charge in [-0.2, -0.15) is 13.2 Å². The van der Waals surface area contributed by atoms with E-state index in [2.05, 4.69) is 0 Å². The van der Waals surface area contributed by atoms with Gasteiger partial charge in [0, 0.05) is 0 Å². The van der Waals surface area contributed by atoms with E-state index in [0.717, 1.165) is 6.07 Å². The Morgan fingerprint density at radius 3 is 2.43 bits per heavy atom. The normalized spacial score (nSPS) is 12.3. The average Bonchev–Trinajstić information content (AvgIpc) is 2.07. The van der Waals surface area contributed by atoms with E-state index >= 15 is 0 Å². The number of alkyl halides is 3. The summed E-state index contributed by atoms with van der Waals surface area (Å²) in [6.45, 7) is 0. The van der Waals surface area contributed by atoms with Gasteiger partial charge < -0.3 is 5.73 Å². The lowest BCUT2D eigenvalue weighted by atomic mass is 10.1. The van der Waals surface area contributed by atoms with Gasteiger partial charge in [-0.15, -0.1) is 0 Å². The highest BCUT2D eigenvalue weighted by atomic mass is 35.5. The molecule has 0 atom stereocenters. The highest BCUT2D eigenvalue weighted by Crippen LogP contribution is 2.35. The summed E-state index contributed by atoms with van der Waals surface area (Å²) in [4.78, 5) is 0. The Labute approximate surface area is 84.0 Å². The topological polar surface area (TPSA) is 26.0 Å². The molecule has 2 N–H and O–H groups in total. The number of halogens is 4. The molecule has 5 heteroatoms. The second-order valence-corrected chi connectivity index (χ2v) is 3.00. The lowest BCUT2D eigenvalue weighted by molar-refractivity contribution is -0.137. The van der Waals surface area contributed by atoms with Gasteiger partial charge in [0.05, 0.1) is 10.6 Å². The molecule has 76 valence electrons. The first-order valence-corrected chi connectivity index (χ1v) is 4.08. The molecule has 0 bridgehead atoms. The molecule has 0 amide bonds. The van der Waals surface area contributed by atoms with Crippen LogP contribution in [0.5, 0.6) is 0 Å². The fraction of sp³-hybridized carbons (Fsp3) is 0.111. The summed E-state index contributed by atoms with van der Waals surface area (Å²) in [5, 5.41) is -0.313. The zero-order chi connectivity index (χ0) is 10.8. The first kappa shape index (κ1) is 10.9. The molecule has 0 aromatic heterocycles. The van der Waals surface area contributed by atoms with Crippen LogP contribution in [-0.2, 0) is 6.18 Å². The maximum atomic E-state index is 12.3. The van der Waals surface area contributed by atoms with Crippen molar-refractivity contribution in [2.75, 3.05) is 0 Å². The molecule has 0 aliphatic heterocycles. The molecule has 0 heterocycles. The Morgan fingerprint density at radius 2 is 1.93 bits per heavy atom. The SMILES string of the molecule is NC=Cc1ccc(Cl)c(C(F)(F)F)c1. The van der Waals surface area contributed by atoms with Crippen molar-refractivity contribution >= 4 is 17.7 Å². The molecule has 0 saturated heterocycles. The Balaban J connectivity index is 3.22. The lowest BCUT2D eigenvalue weighted by Crippen LogP contribution is -2.05. The van der Waals surface area contributed by atoms with Gasteiger partial charge in [0.15, 0.2) is 0 Å². The number of rotatable bonds is 1. The highest BCUT2D eigenvalue weighted by Gasteiger charge is 2.33. The summed E-state index contributed by atoms with van der Waals surface area (Å²) in [7, 11) is 0. The van der Waals surface area contributed by atoms with Crippen molar-refractivity contribution in [3.05, 3.63) is 40.5 Å². The lowest BCUT2D eigenvalue weighted by Gasteiger charge is -2.09. The van der Waals surface area contributed by atoms with Gasteiger partial charge in [-0.05, 0) is 30.0 Å². The van der Waals surface area contributed by atoms with Crippen molar-refractivity contribution in [3.63, 3.8) is 0 Å². The van der Waals surface area contributed by atoms with E-state index in [1.165, 1.54) is 24.4 Å². The summed E-state index contributed by atoms with van der Waals surface area (Å²) in [5.41, 5.74) is 4.58. The third-order valence-corrected chi connectivity index (χ3v) is 1.91. The van der Waals surface area contributed by atoms with Crippen molar-refractivity contribution < 1.29 is 13.2 Å². The minimum Gasteiger partial charge on any atom is -0.405 e. The average molecular weight is 222 g/mol. The van der Waals surface area contributed by atoms with Crippen LogP contribution < -0.4 is 5.73 Å². The van der Waals surface area contributed by atoms with Crippen LogP contribution in [0.1, 0.15) is 11.1 Å². The van der Waals surface area contributed by atoms with Crippen LogP contribution in [-0.4, -0.2) is 0 Å². The molecule has 1 aromatic carbocycles. The van der Waals surface area contributed by atoms with Crippen LogP contribution in [0, 0.1) is 0 Å². The molecular weight excluding hydrogens is 215 g/mol. The third-order valence-electron chi connectivity index (χ3n) is 1.58. The van der Waals surface area contributed by atoms with Crippen LogP contribution in [0.3, 0.4) is 0 Å². The first-order valence-electron chi connectivity index (χ1n) is 3.70. The minimum atomic E-state index is -4.43. The van der Waals surface area contributed by atoms with Gasteiger partial charge in [0.25, 0.3) is 0 Å². The second-order valence-electron chi connectivity index (χ2n) is 2.60. The summed E-state index contributed by atoms with van der Waals surface area (Å²) < 4.78 is 37.0. The summed E-state index contributed by atoms with van der Waals surface area (Å²) >= 11 is 5.41. The maximum absolute atomic E-state index is 12.3. The molecule has 1 aromatic rings. The Kier molecular flexibility index (Phi) is 3.06. The molecule has 0 aliphatic rings. The van der Waals surface area contributed by atoms with Gasteiger partial charge in [-0.3, -0.25) is 0 Å². The second kappa shape index (κ2) is 3.92. The quantitative estimate of drug-likeness (QED) is 0.774. The molecular formula is C9H7ClF3N. The first-order chi connectivity index (χ1) is 6.45. The van der Waals surface area contributed by atoms with Crippen LogP contribution in [0.25, 0.3) is 6.08 Å². The summed E-state index contributed by atoms with van der Waals surface area (Å²) in [6, 6.07) is 3.60. The Bertz CT molecular complexity index is 358. The van der Waals surface area contributed by atoms with Gasteiger partial charge >= 0.3 is 6.18 Å². The Morgan fingerprint density at radius 1 is 1.29 bits per heavy atom. The van der Waals surface area contributed by atoms with E-state index in [1.807, 2.05) is 0 Å². The van der Waals surface area contributed by atoms with Crippen molar-refractivity contribution in [1.29, 1.82) is 0 Å². The van der Waals surface area contributed by atoms with Gasteiger partial charge in [0.1, 0.15) is 0 Å². The zero-order valence-corrected chi connectivity index (χ0v) is 7.73. The van der Waals surface area contributed by atoms with Gasteiger partial charge in [-0.25, -0.2) is 0 Å². The largest absolute Gasteiger partial charge is 0.417 e. The van der Waals surface area contributed by atoms with Crippen LogP contribution in [0.15, 0.2) is 24.4 Å². The summed E-state index contributed by atoms with van der Waals surface area (Å²) in [5.74, 6) is 0. The van der Waals surface area contributed by atoms with E-state index in [9.17, 15) is 13.2 Å². The van der Waals surface area contributed by atoms with Crippen LogP contribution in [0.2, 0.25) is 5.02 Å². The van der Waals surface area contributed by atoms with E-state index in [-0.39, 0.29) is 5.02 Å². The molecule has 0 aliphatic carbocycles. The van der Waals surface area contributed by atoms with E-state index < -0.39 is 11.7 Å². The van der Waals surface area contributed by atoms with Crippen molar-refractivity contribution in [2.45, 2.75) is 6.18 Å². The fourth-order valence-corrected chi connectivity index (χ4v) is 1.20. The standard InChI is InChI=1S/C9H7ClF3N/c10-8-2-1-6(3-4-14)5-7(8)9(11,12)13/h1-5H,14H2. The zero-order valence-electron chi connectivity index (χ0n) is 6.98. The fourth-order valence-electron chi connectivity index (χ4n) is 0.975. The van der Waals surface area contributed by atoms with Gasteiger partial charge in [0.2, 0.25) is 0 Å². The number of benzene rings is 1. The summed E-state index contributed by atoms with van der Waals surface area (Å²) in [6.07, 6.45) is -1.90. The molecule has 0 radical (unpaired) electrons. The van der Waals surface area contributed by atoms with Crippen molar-refractivity contribution in [1.82, 2.24) is 0 Å². The smallest absolute Gasteiger partial charge is 0.405 e. The molecule has 14 heavy (non-hydrogen) atoms. The maximum Gasteiger partial charge on any atom is 0.417 e. The predicted octanol–water partition coefficient (Wildman–Crippen LogP) is 3.29. The molecule has 0 saturated carbocycles. The number of hydrogen-bond donors (Lipinski definition) is 1. The van der Waals surface area contributed by atoms with Gasteiger partial charge in [-0.1, -0.05) is 17.7 Å². The molecule has 0 fully saturated rings.